The van der Waals surface area contributed by atoms with Crippen molar-refractivity contribution in [3.05, 3.63) is 47.8 Å². The maximum Gasteiger partial charge on any atom is 0.149 e. The van der Waals surface area contributed by atoms with Crippen molar-refractivity contribution >= 4 is 17.1 Å². The second-order valence-corrected chi connectivity index (χ2v) is 5.10. The van der Waals surface area contributed by atoms with Gasteiger partial charge < -0.3 is 15.4 Å². The highest BCUT2D eigenvalue weighted by Crippen LogP contribution is 2.41. The lowest BCUT2D eigenvalue weighted by atomic mass is 10.1. The third kappa shape index (κ3) is 1.88. The molecule has 0 fully saturated rings. The van der Waals surface area contributed by atoms with Crippen molar-refractivity contribution in [3.8, 4) is 5.75 Å². The summed E-state index contributed by atoms with van der Waals surface area (Å²) in [5.41, 5.74) is 8.85. The Morgan fingerprint density at radius 1 is 1.25 bits per heavy atom. The van der Waals surface area contributed by atoms with Crippen molar-refractivity contribution in [2.24, 2.45) is 0 Å². The second-order valence-electron chi connectivity index (χ2n) is 5.10. The van der Waals surface area contributed by atoms with Crippen LogP contribution < -0.4 is 15.4 Å². The number of hydrogen-bond donors (Lipinski definition) is 1. The quantitative estimate of drug-likeness (QED) is 0.850. The number of benzene rings is 2. The highest BCUT2D eigenvalue weighted by molar-refractivity contribution is 5.74. The number of nitrogen functional groups attached to an aromatic ring is 1. The SMILES string of the molecule is COc1cc(N2c3ccccc3CC2C)c(F)cc1N. The van der Waals surface area contributed by atoms with E-state index in [0.29, 0.717) is 17.1 Å². The van der Waals surface area contributed by atoms with E-state index in [-0.39, 0.29) is 11.9 Å². The predicted octanol–water partition coefficient (Wildman–Crippen LogP) is 3.50. The topological polar surface area (TPSA) is 38.5 Å². The first-order valence-electron chi connectivity index (χ1n) is 6.62. The van der Waals surface area contributed by atoms with Crippen LogP contribution in [0.2, 0.25) is 0 Å². The minimum absolute atomic E-state index is 0.204. The number of fused-ring (bicyclic) bond motifs is 1. The van der Waals surface area contributed by atoms with E-state index in [4.69, 9.17) is 10.5 Å². The van der Waals surface area contributed by atoms with Crippen molar-refractivity contribution in [2.45, 2.75) is 19.4 Å². The Balaban J connectivity index is 2.14. The van der Waals surface area contributed by atoms with Gasteiger partial charge in [-0.25, -0.2) is 4.39 Å². The molecule has 0 saturated heterocycles. The molecule has 2 N–H and O–H groups in total. The normalized spacial score (nSPS) is 17.1. The van der Waals surface area contributed by atoms with Crippen LogP contribution in [-0.4, -0.2) is 13.2 Å². The standard InChI is InChI=1S/C16H17FN2O/c1-10-7-11-5-3-4-6-14(11)19(10)15-9-16(20-2)13(18)8-12(15)17/h3-6,8-10H,7,18H2,1-2H3. The number of methoxy groups -OCH3 is 1. The van der Waals surface area contributed by atoms with Crippen LogP contribution >= 0.6 is 0 Å². The molecule has 2 aromatic carbocycles. The fourth-order valence-corrected chi connectivity index (χ4v) is 2.85. The minimum Gasteiger partial charge on any atom is -0.495 e. The Morgan fingerprint density at radius 2 is 2.00 bits per heavy atom. The van der Waals surface area contributed by atoms with E-state index in [2.05, 4.69) is 13.0 Å². The number of hydrogen-bond acceptors (Lipinski definition) is 3. The molecule has 1 aliphatic rings. The Bertz CT molecular complexity index is 657. The largest absolute Gasteiger partial charge is 0.495 e. The zero-order chi connectivity index (χ0) is 14.3. The van der Waals surface area contributed by atoms with Gasteiger partial charge in [0.1, 0.15) is 11.6 Å². The summed E-state index contributed by atoms with van der Waals surface area (Å²) in [5.74, 6) is 0.171. The van der Waals surface area contributed by atoms with Gasteiger partial charge in [0.05, 0.1) is 18.5 Å². The summed E-state index contributed by atoms with van der Waals surface area (Å²) in [6.45, 7) is 2.09. The van der Waals surface area contributed by atoms with Gasteiger partial charge in [0.25, 0.3) is 0 Å². The van der Waals surface area contributed by atoms with E-state index >= 15 is 0 Å². The van der Waals surface area contributed by atoms with Crippen LogP contribution in [0.1, 0.15) is 12.5 Å². The number of nitrogens with zero attached hydrogens (tertiary/aromatic N) is 1. The molecule has 0 aromatic heterocycles. The summed E-state index contributed by atoms with van der Waals surface area (Å²) in [6.07, 6.45) is 0.905. The van der Waals surface area contributed by atoms with Crippen LogP contribution in [0.15, 0.2) is 36.4 Å². The lowest BCUT2D eigenvalue weighted by Gasteiger charge is -2.26. The van der Waals surface area contributed by atoms with Gasteiger partial charge in [-0.3, -0.25) is 0 Å². The van der Waals surface area contributed by atoms with Crippen molar-refractivity contribution in [2.75, 3.05) is 17.7 Å². The molecular formula is C16H17FN2O. The number of nitrogens with two attached hydrogens (primary N) is 1. The van der Waals surface area contributed by atoms with E-state index in [0.717, 1.165) is 12.1 Å². The maximum absolute atomic E-state index is 14.3. The van der Waals surface area contributed by atoms with E-state index < -0.39 is 0 Å². The van der Waals surface area contributed by atoms with Gasteiger partial charge in [-0.2, -0.15) is 0 Å². The summed E-state index contributed by atoms with van der Waals surface area (Å²) >= 11 is 0. The third-order valence-electron chi connectivity index (χ3n) is 3.77. The Labute approximate surface area is 117 Å². The molecule has 0 radical (unpaired) electrons. The molecule has 3 rings (SSSR count). The first-order chi connectivity index (χ1) is 9.61. The predicted molar refractivity (Wildman–Crippen MR) is 79.1 cm³/mol. The van der Waals surface area contributed by atoms with E-state index in [9.17, 15) is 4.39 Å². The van der Waals surface area contributed by atoms with Crippen molar-refractivity contribution in [1.29, 1.82) is 0 Å². The van der Waals surface area contributed by atoms with Crippen LogP contribution in [-0.2, 0) is 6.42 Å². The fraction of sp³-hybridized carbons (Fsp3) is 0.250. The molecule has 1 unspecified atom stereocenters. The second kappa shape index (κ2) is 4.71. The minimum atomic E-state index is -0.327. The molecule has 0 spiro atoms. The van der Waals surface area contributed by atoms with Gasteiger partial charge >= 0.3 is 0 Å². The van der Waals surface area contributed by atoms with Crippen molar-refractivity contribution in [3.63, 3.8) is 0 Å². The first-order valence-corrected chi connectivity index (χ1v) is 6.62. The molecule has 20 heavy (non-hydrogen) atoms. The molecule has 0 amide bonds. The Hall–Kier alpha value is -2.23. The molecule has 104 valence electrons. The monoisotopic (exact) mass is 272 g/mol. The molecular weight excluding hydrogens is 255 g/mol. The van der Waals surface area contributed by atoms with Gasteiger partial charge in [0, 0.05) is 23.9 Å². The first kappa shape index (κ1) is 12.8. The van der Waals surface area contributed by atoms with Gasteiger partial charge in [0.2, 0.25) is 0 Å². The molecule has 1 aliphatic heterocycles. The average Bonchev–Trinajstić information content (AvgIpc) is 2.75. The van der Waals surface area contributed by atoms with E-state index in [1.807, 2.05) is 23.1 Å². The molecule has 3 nitrogen and oxygen atoms in total. The molecule has 2 aromatic rings. The molecule has 0 aliphatic carbocycles. The summed E-state index contributed by atoms with van der Waals surface area (Å²) in [5, 5.41) is 0. The Kier molecular flexibility index (Phi) is 3.01. The van der Waals surface area contributed by atoms with Crippen LogP contribution in [0.25, 0.3) is 0 Å². The smallest absolute Gasteiger partial charge is 0.149 e. The van der Waals surface area contributed by atoms with Crippen LogP contribution in [0.3, 0.4) is 0 Å². The van der Waals surface area contributed by atoms with Gasteiger partial charge in [-0.05, 0) is 25.0 Å². The van der Waals surface area contributed by atoms with Crippen LogP contribution in [0.4, 0.5) is 21.5 Å². The average molecular weight is 272 g/mol. The summed E-state index contributed by atoms with van der Waals surface area (Å²) < 4.78 is 19.5. The molecule has 1 atom stereocenters. The van der Waals surface area contributed by atoms with Crippen molar-refractivity contribution < 1.29 is 9.13 Å². The summed E-state index contributed by atoms with van der Waals surface area (Å²) in [7, 11) is 1.54. The van der Waals surface area contributed by atoms with Gasteiger partial charge in [-0.15, -0.1) is 0 Å². The van der Waals surface area contributed by atoms with Gasteiger partial charge in [0.15, 0.2) is 0 Å². The van der Waals surface area contributed by atoms with Crippen LogP contribution in [0, 0.1) is 5.82 Å². The van der Waals surface area contributed by atoms with Crippen molar-refractivity contribution in [1.82, 2.24) is 0 Å². The molecule has 1 heterocycles. The lowest BCUT2D eigenvalue weighted by molar-refractivity contribution is 0.416. The molecule has 0 bridgehead atoms. The third-order valence-corrected chi connectivity index (χ3v) is 3.77. The zero-order valence-electron chi connectivity index (χ0n) is 11.6. The summed E-state index contributed by atoms with van der Waals surface area (Å²) in [6, 6.07) is 11.3. The number of para-hydroxylation sites is 1. The number of rotatable bonds is 2. The van der Waals surface area contributed by atoms with E-state index in [1.54, 1.807) is 6.07 Å². The highest BCUT2D eigenvalue weighted by Gasteiger charge is 2.29. The number of halogens is 1. The van der Waals surface area contributed by atoms with Gasteiger partial charge in [-0.1, -0.05) is 18.2 Å². The van der Waals surface area contributed by atoms with E-state index in [1.165, 1.54) is 18.7 Å². The number of anilines is 3. The lowest BCUT2D eigenvalue weighted by Crippen LogP contribution is -2.25. The maximum atomic E-state index is 14.3. The fourth-order valence-electron chi connectivity index (χ4n) is 2.85. The molecule has 4 heteroatoms. The Morgan fingerprint density at radius 3 is 2.75 bits per heavy atom. The highest BCUT2D eigenvalue weighted by atomic mass is 19.1. The zero-order valence-corrected chi connectivity index (χ0v) is 11.6. The molecule has 0 saturated carbocycles. The number of ether oxygens (including phenoxy) is 1. The summed E-state index contributed by atoms with van der Waals surface area (Å²) in [4.78, 5) is 2.01. The van der Waals surface area contributed by atoms with Crippen LogP contribution in [0.5, 0.6) is 5.75 Å².